The lowest BCUT2D eigenvalue weighted by Crippen LogP contribution is -2.51. The van der Waals surface area contributed by atoms with Gasteiger partial charge in [-0.25, -0.2) is 13.2 Å². The largest absolute Gasteiger partial charge is 0.383 e. The van der Waals surface area contributed by atoms with E-state index in [1.807, 2.05) is 30.3 Å². The molecule has 2 unspecified atom stereocenters. The van der Waals surface area contributed by atoms with Gasteiger partial charge in [0.15, 0.2) is 9.84 Å². The summed E-state index contributed by atoms with van der Waals surface area (Å²) in [5, 5.41) is 2.91. The first-order valence-corrected chi connectivity index (χ1v) is 11.3. The molecule has 28 heavy (non-hydrogen) atoms. The summed E-state index contributed by atoms with van der Waals surface area (Å²) in [7, 11) is -1.56. The van der Waals surface area contributed by atoms with Crippen molar-refractivity contribution in [2.45, 2.75) is 31.5 Å². The number of rotatable bonds is 7. The van der Waals surface area contributed by atoms with Crippen molar-refractivity contribution in [3.8, 4) is 0 Å². The average molecular weight is 410 g/mol. The zero-order chi connectivity index (χ0) is 20.1. The summed E-state index contributed by atoms with van der Waals surface area (Å²) in [5.41, 5.74) is 1.04. The lowest BCUT2D eigenvalue weighted by molar-refractivity contribution is -0.128. The summed E-state index contributed by atoms with van der Waals surface area (Å²) in [4.78, 5) is 28.4. The van der Waals surface area contributed by atoms with Crippen LogP contribution in [0.3, 0.4) is 0 Å². The molecule has 1 aromatic carbocycles. The molecular weight excluding hydrogens is 382 g/mol. The van der Waals surface area contributed by atoms with Gasteiger partial charge in [-0.1, -0.05) is 30.3 Å². The van der Waals surface area contributed by atoms with Crippen LogP contribution >= 0.6 is 0 Å². The molecule has 0 bridgehead atoms. The minimum Gasteiger partial charge on any atom is -0.383 e. The number of sulfone groups is 1. The molecule has 0 radical (unpaired) electrons. The molecule has 2 aliphatic heterocycles. The fourth-order valence-corrected chi connectivity index (χ4v) is 5.47. The monoisotopic (exact) mass is 409 g/mol. The first-order valence-electron chi connectivity index (χ1n) is 9.46. The highest BCUT2D eigenvalue weighted by Gasteiger charge is 2.37. The van der Waals surface area contributed by atoms with Gasteiger partial charge in [-0.15, -0.1) is 0 Å². The van der Waals surface area contributed by atoms with E-state index in [9.17, 15) is 18.0 Å². The van der Waals surface area contributed by atoms with Crippen LogP contribution in [0.2, 0.25) is 0 Å². The van der Waals surface area contributed by atoms with E-state index in [1.165, 1.54) is 0 Å². The Balaban J connectivity index is 1.59. The molecule has 3 rings (SSSR count). The third kappa shape index (κ3) is 5.23. The van der Waals surface area contributed by atoms with Gasteiger partial charge in [-0.2, -0.15) is 0 Å². The van der Waals surface area contributed by atoms with Gasteiger partial charge < -0.3 is 19.9 Å². The summed E-state index contributed by atoms with van der Waals surface area (Å²) in [6.45, 7) is 1.60. The van der Waals surface area contributed by atoms with Crippen molar-refractivity contribution >= 4 is 21.8 Å². The molecule has 2 heterocycles. The molecule has 9 heteroatoms. The summed E-state index contributed by atoms with van der Waals surface area (Å²) in [5.74, 6) is 0.0794. The Morgan fingerprint density at radius 3 is 2.71 bits per heavy atom. The van der Waals surface area contributed by atoms with E-state index < -0.39 is 9.84 Å². The molecule has 0 aromatic heterocycles. The third-order valence-electron chi connectivity index (χ3n) is 5.20. The van der Waals surface area contributed by atoms with E-state index in [2.05, 4.69) is 5.32 Å². The molecule has 2 atom stereocenters. The number of methoxy groups -OCH3 is 1. The van der Waals surface area contributed by atoms with Gasteiger partial charge in [0, 0.05) is 39.2 Å². The second-order valence-corrected chi connectivity index (χ2v) is 9.58. The molecule has 1 N–H and O–H groups in total. The van der Waals surface area contributed by atoms with Gasteiger partial charge in [0.1, 0.15) is 0 Å². The fourth-order valence-electron chi connectivity index (χ4n) is 3.74. The number of benzene rings is 1. The maximum absolute atomic E-state index is 12.8. The van der Waals surface area contributed by atoms with E-state index in [-0.39, 0.29) is 41.9 Å². The Bertz CT molecular complexity index is 799. The number of carbonyl (C=O) groups is 2. The lowest BCUT2D eigenvalue weighted by atomic mass is 10.2. The van der Waals surface area contributed by atoms with Gasteiger partial charge in [-0.3, -0.25) is 4.79 Å². The highest BCUT2D eigenvalue weighted by atomic mass is 32.2. The molecule has 8 nitrogen and oxygen atoms in total. The minimum atomic E-state index is -3.10. The van der Waals surface area contributed by atoms with Crippen LogP contribution in [0, 0.1) is 0 Å². The number of amides is 3. The van der Waals surface area contributed by atoms with E-state index in [4.69, 9.17) is 4.74 Å². The first-order chi connectivity index (χ1) is 13.4. The Kier molecular flexibility index (Phi) is 6.56. The number of urea groups is 1. The molecule has 0 spiro atoms. The highest BCUT2D eigenvalue weighted by Crippen LogP contribution is 2.19. The maximum Gasteiger partial charge on any atom is 0.318 e. The van der Waals surface area contributed by atoms with Crippen LogP contribution in [0.1, 0.15) is 18.4 Å². The number of hydrogen-bond donors (Lipinski definition) is 1. The van der Waals surface area contributed by atoms with Crippen molar-refractivity contribution in [2.24, 2.45) is 0 Å². The lowest BCUT2D eigenvalue weighted by Gasteiger charge is -2.29. The molecule has 2 aliphatic rings. The summed E-state index contributed by atoms with van der Waals surface area (Å²) in [6, 6.07) is 8.74. The van der Waals surface area contributed by atoms with Crippen molar-refractivity contribution in [1.29, 1.82) is 0 Å². The highest BCUT2D eigenvalue weighted by molar-refractivity contribution is 7.91. The first kappa shape index (κ1) is 20.6. The summed E-state index contributed by atoms with van der Waals surface area (Å²) in [6.07, 6.45) is 0.683. The molecule has 0 aliphatic carbocycles. The summed E-state index contributed by atoms with van der Waals surface area (Å²) >= 11 is 0. The van der Waals surface area contributed by atoms with Gasteiger partial charge in [0.25, 0.3) is 0 Å². The third-order valence-corrected chi connectivity index (χ3v) is 6.96. The molecule has 3 amide bonds. The Morgan fingerprint density at radius 2 is 2.07 bits per heavy atom. The quantitative estimate of drug-likeness (QED) is 0.713. The van der Waals surface area contributed by atoms with E-state index in [1.54, 1.807) is 16.9 Å². The standard InChI is InChI=1S/C19H27N3O5S/c1-27-9-8-22(17-7-10-28(25,26)14-17)19(24)20-16-11-18(23)21(13-16)12-15-5-3-2-4-6-15/h2-6,16-17H,7-14H2,1H3,(H,20,24). The van der Waals surface area contributed by atoms with Crippen LogP contribution in [0.4, 0.5) is 4.79 Å². The van der Waals surface area contributed by atoms with Gasteiger partial charge in [0.05, 0.1) is 24.2 Å². The van der Waals surface area contributed by atoms with Crippen LogP contribution < -0.4 is 5.32 Å². The minimum absolute atomic E-state index is 0.000962. The number of nitrogens with zero attached hydrogens (tertiary/aromatic N) is 2. The van der Waals surface area contributed by atoms with Crippen molar-refractivity contribution in [1.82, 2.24) is 15.1 Å². The van der Waals surface area contributed by atoms with Gasteiger partial charge >= 0.3 is 6.03 Å². The van der Waals surface area contributed by atoms with Crippen LogP contribution in [0.25, 0.3) is 0 Å². The van der Waals surface area contributed by atoms with E-state index in [0.717, 1.165) is 5.56 Å². The van der Waals surface area contributed by atoms with Crippen molar-refractivity contribution in [2.75, 3.05) is 38.3 Å². The molecular formula is C19H27N3O5S. The molecule has 1 aromatic rings. The topological polar surface area (TPSA) is 96.0 Å². The van der Waals surface area contributed by atoms with Crippen molar-refractivity contribution in [3.63, 3.8) is 0 Å². The predicted molar refractivity (Wildman–Crippen MR) is 104 cm³/mol. The van der Waals surface area contributed by atoms with E-state index >= 15 is 0 Å². The number of carbonyl (C=O) groups excluding carboxylic acids is 2. The zero-order valence-corrected chi connectivity index (χ0v) is 16.9. The average Bonchev–Trinajstić information content (AvgIpc) is 3.18. The predicted octanol–water partition coefficient (Wildman–Crippen LogP) is 0.633. The van der Waals surface area contributed by atoms with Crippen molar-refractivity contribution in [3.05, 3.63) is 35.9 Å². The van der Waals surface area contributed by atoms with Crippen LogP contribution in [-0.4, -0.2) is 80.6 Å². The van der Waals surface area contributed by atoms with Crippen LogP contribution in [0.5, 0.6) is 0 Å². The van der Waals surface area contributed by atoms with Crippen LogP contribution in [0.15, 0.2) is 30.3 Å². The fraction of sp³-hybridized carbons (Fsp3) is 0.579. The molecule has 0 saturated carbocycles. The van der Waals surface area contributed by atoms with Crippen molar-refractivity contribution < 1.29 is 22.7 Å². The van der Waals surface area contributed by atoms with Crippen LogP contribution in [-0.2, 0) is 25.9 Å². The molecule has 154 valence electrons. The Labute approximate surface area is 165 Å². The second kappa shape index (κ2) is 8.91. The second-order valence-electron chi connectivity index (χ2n) is 7.35. The molecule has 2 saturated heterocycles. The van der Waals surface area contributed by atoms with E-state index in [0.29, 0.717) is 32.7 Å². The summed E-state index contributed by atoms with van der Waals surface area (Å²) < 4.78 is 28.7. The normalized spacial score (nSPS) is 23.8. The zero-order valence-electron chi connectivity index (χ0n) is 16.0. The smallest absolute Gasteiger partial charge is 0.318 e. The van der Waals surface area contributed by atoms with Gasteiger partial charge in [0.2, 0.25) is 5.91 Å². The molecule has 2 fully saturated rings. The number of likely N-dealkylation sites (tertiary alicyclic amines) is 1. The number of ether oxygens (including phenoxy) is 1. The Hall–Kier alpha value is -2.13. The van der Waals surface area contributed by atoms with Gasteiger partial charge in [-0.05, 0) is 12.0 Å². The SMILES string of the molecule is COCCN(C(=O)NC1CC(=O)N(Cc2ccccc2)C1)C1CCS(=O)(=O)C1. The number of hydrogen-bond acceptors (Lipinski definition) is 5. The number of nitrogens with one attached hydrogen (secondary N) is 1. The maximum atomic E-state index is 12.8. The Morgan fingerprint density at radius 1 is 1.32 bits per heavy atom.